The van der Waals surface area contributed by atoms with Gasteiger partial charge in [0.2, 0.25) is 5.91 Å². The molecule has 1 aromatic rings. The van der Waals surface area contributed by atoms with E-state index in [9.17, 15) is 9.59 Å². The summed E-state index contributed by atoms with van der Waals surface area (Å²) in [6.07, 6.45) is 0.655. The Labute approximate surface area is 119 Å². The van der Waals surface area contributed by atoms with Gasteiger partial charge in [-0.25, -0.2) is 0 Å². The Bertz CT molecular complexity index is 432. The van der Waals surface area contributed by atoms with E-state index < -0.39 is 6.04 Å². The Morgan fingerprint density at radius 2 is 1.70 bits per heavy atom. The average Bonchev–Trinajstić information content (AvgIpc) is 2.43. The van der Waals surface area contributed by atoms with Gasteiger partial charge < -0.3 is 16.4 Å². The van der Waals surface area contributed by atoms with Crippen LogP contribution in [0.5, 0.6) is 0 Å². The summed E-state index contributed by atoms with van der Waals surface area (Å²) in [7, 11) is 0. The zero-order valence-electron chi connectivity index (χ0n) is 12.1. The summed E-state index contributed by atoms with van der Waals surface area (Å²) in [4.78, 5) is 23.4. The lowest BCUT2D eigenvalue weighted by Crippen LogP contribution is -2.44. The summed E-state index contributed by atoms with van der Waals surface area (Å²) in [5.41, 5.74) is 6.36. The smallest absolute Gasteiger partial charge is 0.251 e. The van der Waals surface area contributed by atoms with Gasteiger partial charge in [0, 0.05) is 18.7 Å². The first-order valence-corrected chi connectivity index (χ1v) is 6.87. The molecule has 5 nitrogen and oxygen atoms in total. The second-order valence-electron chi connectivity index (χ2n) is 5.15. The number of nitrogens with two attached hydrogens (primary N) is 1. The van der Waals surface area contributed by atoms with Crippen LogP contribution in [0, 0.1) is 5.92 Å². The number of benzene rings is 1. The number of hydrogen-bond donors (Lipinski definition) is 3. The molecule has 0 aliphatic rings. The molecule has 1 atom stereocenters. The minimum absolute atomic E-state index is 0.147. The fourth-order valence-electron chi connectivity index (χ4n) is 1.80. The first-order valence-electron chi connectivity index (χ1n) is 6.87. The maximum Gasteiger partial charge on any atom is 0.251 e. The van der Waals surface area contributed by atoms with Gasteiger partial charge in [-0.2, -0.15) is 0 Å². The van der Waals surface area contributed by atoms with Crippen molar-refractivity contribution in [2.75, 3.05) is 13.1 Å². The highest BCUT2D eigenvalue weighted by molar-refractivity contribution is 5.94. The van der Waals surface area contributed by atoms with Crippen LogP contribution in [-0.4, -0.2) is 30.9 Å². The van der Waals surface area contributed by atoms with E-state index in [1.54, 1.807) is 12.1 Å². The van der Waals surface area contributed by atoms with E-state index >= 15 is 0 Å². The van der Waals surface area contributed by atoms with Gasteiger partial charge in [-0.3, -0.25) is 9.59 Å². The summed E-state index contributed by atoms with van der Waals surface area (Å²) in [6, 6.07) is 8.47. The zero-order chi connectivity index (χ0) is 15.0. The Morgan fingerprint density at radius 3 is 2.30 bits per heavy atom. The van der Waals surface area contributed by atoms with Crippen molar-refractivity contribution < 1.29 is 9.59 Å². The van der Waals surface area contributed by atoms with Crippen LogP contribution in [0.4, 0.5) is 0 Å². The predicted octanol–water partition coefficient (Wildman–Crippen LogP) is 0.906. The summed E-state index contributed by atoms with van der Waals surface area (Å²) >= 11 is 0. The van der Waals surface area contributed by atoms with Crippen molar-refractivity contribution in [3.63, 3.8) is 0 Å². The molecule has 20 heavy (non-hydrogen) atoms. The number of carbonyl (C=O) groups is 2. The fourth-order valence-corrected chi connectivity index (χ4v) is 1.80. The van der Waals surface area contributed by atoms with Crippen LogP contribution in [0.25, 0.3) is 0 Å². The van der Waals surface area contributed by atoms with Gasteiger partial charge in [0.1, 0.15) is 0 Å². The molecule has 0 fully saturated rings. The number of rotatable bonds is 7. The van der Waals surface area contributed by atoms with Crippen molar-refractivity contribution in [1.29, 1.82) is 0 Å². The highest BCUT2D eigenvalue weighted by Gasteiger charge is 2.14. The summed E-state index contributed by atoms with van der Waals surface area (Å²) in [5, 5.41) is 5.46. The van der Waals surface area contributed by atoms with Crippen LogP contribution >= 0.6 is 0 Å². The maximum atomic E-state index is 11.7. The number of amides is 2. The molecule has 2 amide bonds. The minimum atomic E-state index is -0.486. The lowest BCUT2D eigenvalue weighted by Gasteiger charge is -2.14. The highest BCUT2D eigenvalue weighted by Crippen LogP contribution is 2.02. The van der Waals surface area contributed by atoms with Gasteiger partial charge in [0.05, 0.1) is 6.04 Å². The number of hydrogen-bond acceptors (Lipinski definition) is 3. The van der Waals surface area contributed by atoms with Crippen LogP contribution in [-0.2, 0) is 4.79 Å². The normalized spacial score (nSPS) is 12.0. The van der Waals surface area contributed by atoms with Crippen LogP contribution in [0.15, 0.2) is 30.3 Å². The standard InChI is InChI=1S/C15H23N3O2/c1-11(2)10-13(16)15(20)18-9-8-17-14(19)12-6-4-3-5-7-12/h3-7,11,13H,8-10,16H2,1-2H3,(H,17,19)(H,18,20)/t13-/m0/s1. The molecule has 0 aliphatic carbocycles. The van der Waals surface area contributed by atoms with Crippen LogP contribution in [0.1, 0.15) is 30.6 Å². The van der Waals surface area contributed by atoms with Gasteiger partial charge in [-0.05, 0) is 24.5 Å². The molecular weight excluding hydrogens is 254 g/mol. The Balaban J connectivity index is 2.22. The summed E-state index contributed by atoms with van der Waals surface area (Å²) < 4.78 is 0. The van der Waals surface area contributed by atoms with Crippen molar-refractivity contribution in [2.24, 2.45) is 11.7 Å². The van der Waals surface area contributed by atoms with E-state index in [-0.39, 0.29) is 11.8 Å². The third kappa shape index (κ3) is 5.84. The molecule has 5 heteroatoms. The number of carbonyl (C=O) groups excluding carboxylic acids is 2. The molecule has 0 radical (unpaired) electrons. The van der Waals surface area contributed by atoms with Crippen molar-refractivity contribution in [1.82, 2.24) is 10.6 Å². The van der Waals surface area contributed by atoms with E-state index in [1.165, 1.54) is 0 Å². The maximum absolute atomic E-state index is 11.7. The second kappa shape index (κ2) is 8.32. The molecule has 0 heterocycles. The van der Waals surface area contributed by atoms with Crippen molar-refractivity contribution in [3.05, 3.63) is 35.9 Å². The Hall–Kier alpha value is -1.88. The van der Waals surface area contributed by atoms with Gasteiger partial charge in [0.25, 0.3) is 5.91 Å². The van der Waals surface area contributed by atoms with E-state index in [4.69, 9.17) is 5.73 Å². The SMILES string of the molecule is CC(C)C[C@H](N)C(=O)NCCNC(=O)c1ccccc1. The molecule has 0 bridgehead atoms. The molecule has 0 aliphatic heterocycles. The van der Waals surface area contributed by atoms with Crippen LogP contribution < -0.4 is 16.4 Å². The first-order chi connectivity index (χ1) is 9.50. The van der Waals surface area contributed by atoms with E-state index in [0.29, 0.717) is 31.0 Å². The van der Waals surface area contributed by atoms with Gasteiger partial charge in [-0.1, -0.05) is 32.0 Å². The zero-order valence-corrected chi connectivity index (χ0v) is 12.1. The fraction of sp³-hybridized carbons (Fsp3) is 0.467. The molecular formula is C15H23N3O2. The third-order valence-corrected chi connectivity index (χ3v) is 2.81. The van der Waals surface area contributed by atoms with E-state index in [1.807, 2.05) is 32.0 Å². The first kappa shape index (κ1) is 16.2. The van der Waals surface area contributed by atoms with Crippen molar-refractivity contribution in [2.45, 2.75) is 26.3 Å². The third-order valence-electron chi connectivity index (χ3n) is 2.81. The molecule has 110 valence electrons. The van der Waals surface area contributed by atoms with Crippen LogP contribution in [0.3, 0.4) is 0 Å². The van der Waals surface area contributed by atoms with Crippen molar-refractivity contribution in [3.8, 4) is 0 Å². The molecule has 0 unspecified atom stereocenters. The molecule has 1 rings (SSSR count). The second-order valence-corrected chi connectivity index (χ2v) is 5.15. The highest BCUT2D eigenvalue weighted by atomic mass is 16.2. The predicted molar refractivity (Wildman–Crippen MR) is 79.2 cm³/mol. The topological polar surface area (TPSA) is 84.2 Å². The van der Waals surface area contributed by atoms with Gasteiger partial charge >= 0.3 is 0 Å². The summed E-state index contributed by atoms with van der Waals surface area (Å²) in [5.74, 6) is 0.0625. The van der Waals surface area contributed by atoms with E-state index in [0.717, 1.165) is 0 Å². The molecule has 0 aromatic heterocycles. The van der Waals surface area contributed by atoms with E-state index in [2.05, 4.69) is 10.6 Å². The molecule has 4 N–H and O–H groups in total. The average molecular weight is 277 g/mol. The summed E-state index contributed by atoms with van der Waals surface area (Å²) in [6.45, 7) is 4.80. The van der Waals surface area contributed by atoms with Crippen LogP contribution in [0.2, 0.25) is 0 Å². The molecule has 0 saturated heterocycles. The Morgan fingerprint density at radius 1 is 1.10 bits per heavy atom. The quantitative estimate of drug-likeness (QED) is 0.648. The van der Waals surface area contributed by atoms with Crippen molar-refractivity contribution >= 4 is 11.8 Å². The molecule has 0 spiro atoms. The van der Waals surface area contributed by atoms with Gasteiger partial charge in [0.15, 0.2) is 0 Å². The van der Waals surface area contributed by atoms with Gasteiger partial charge in [-0.15, -0.1) is 0 Å². The molecule has 0 saturated carbocycles. The lowest BCUT2D eigenvalue weighted by atomic mass is 10.0. The largest absolute Gasteiger partial charge is 0.353 e. The molecule has 1 aromatic carbocycles. The lowest BCUT2D eigenvalue weighted by molar-refractivity contribution is -0.122. The Kier molecular flexibility index (Phi) is 6.73. The monoisotopic (exact) mass is 277 g/mol. The minimum Gasteiger partial charge on any atom is -0.353 e. The number of nitrogens with one attached hydrogen (secondary N) is 2.